The van der Waals surface area contributed by atoms with Gasteiger partial charge < -0.3 is 10.1 Å². The number of amides is 1. The Bertz CT molecular complexity index is 447. The molecule has 1 amide bonds. The van der Waals surface area contributed by atoms with Crippen LogP contribution in [-0.4, -0.2) is 17.7 Å². The number of benzene rings is 1. The molecule has 0 bridgehead atoms. The summed E-state index contributed by atoms with van der Waals surface area (Å²) in [6, 6.07) is 2.55. The average molecular weight is 250 g/mol. The van der Waals surface area contributed by atoms with Crippen LogP contribution in [0, 0.1) is 10.1 Å². The Balaban J connectivity index is 3.13. The zero-order chi connectivity index (χ0) is 13.1. The molecular weight excluding hydrogens is 245 g/mol. The molecule has 17 heavy (non-hydrogen) atoms. The number of carbonyl (C=O) groups is 1. The molecule has 1 rings (SSSR count). The smallest absolute Gasteiger partial charge is 0.398 e. The van der Waals surface area contributed by atoms with Crippen LogP contribution in [0.4, 0.5) is 24.5 Å². The van der Waals surface area contributed by atoms with Crippen LogP contribution in [-0.2, 0) is 4.79 Å². The zero-order valence-electron chi connectivity index (χ0n) is 8.02. The molecule has 0 aromatic heterocycles. The van der Waals surface area contributed by atoms with Crippen LogP contribution >= 0.6 is 0 Å². The Hall–Kier alpha value is -2.32. The van der Waals surface area contributed by atoms with E-state index >= 15 is 0 Å². The standard InChI is InChI=1S/C8H5F3N2O4/c9-8(10,11)17-7-2-1-5(12-4-14)3-6(7)13(15)16/h1-4H,(H,12,14). The summed E-state index contributed by atoms with van der Waals surface area (Å²) in [6.45, 7) is 0. The lowest BCUT2D eigenvalue weighted by Crippen LogP contribution is -2.18. The van der Waals surface area contributed by atoms with Crippen molar-refractivity contribution in [2.24, 2.45) is 0 Å². The fraction of sp³-hybridized carbons (Fsp3) is 0.125. The van der Waals surface area contributed by atoms with Gasteiger partial charge in [0, 0.05) is 11.8 Å². The molecule has 92 valence electrons. The molecule has 1 aromatic rings. The van der Waals surface area contributed by atoms with E-state index in [0.29, 0.717) is 0 Å². The molecule has 0 heterocycles. The second kappa shape index (κ2) is 4.68. The van der Waals surface area contributed by atoms with Crippen LogP contribution in [0.25, 0.3) is 0 Å². The number of rotatable bonds is 4. The first-order valence-corrected chi connectivity index (χ1v) is 4.08. The number of nitro benzene ring substituents is 1. The Kier molecular flexibility index (Phi) is 3.51. The van der Waals surface area contributed by atoms with E-state index in [1.807, 2.05) is 0 Å². The van der Waals surface area contributed by atoms with Gasteiger partial charge in [-0.15, -0.1) is 13.2 Å². The molecule has 6 nitrogen and oxygen atoms in total. The Morgan fingerprint density at radius 1 is 1.41 bits per heavy atom. The highest BCUT2D eigenvalue weighted by Gasteiger charge is 2.34. The van der Waals surface area contributed by atoms with Crippen LogP contribution in [0.5, 0.6) is 5.75 Å². The van der Waals surface area contributed by atoms with Crippen molar-refractivity contribution < 1.29 is 27.6 Å². The average Bonchev–Trinajstić information content (AvgIpc) is 2.18. The Morgan fingerprint density at radius 2 is 2.06 bits per heavy atom. The number of hydrogen-bond acceptors (Lipinski definition) is 4. The van der Waals surface area contributed by atoms with Gasteiger partial charge in [-0.1, -0.05) is 0 Å². The van der Waals surface area contributed by atoms with E-state index in [0.717, 1.165) is 18.2 Å². The third-order valence-electron chi connectivity index (χ3n) is 1.61. The highest BCUT2D eigenvalue weighted by molar-refractivity contribution is 5.73. The Labute approximate surface area is 92.1 Å². The van der Waals surface area contributed by atoms with Crippen molar-refractivity contribution >= 4 is 17.8 Å². The molecule has 0 radical (unpaired) electrons. The molecule has 0 aliphatic carbocycles. The highest BCUT2D eigenvalue weighted by Crippen LogP contribution is 2.33. The molecule has 1 aromatic carbocycles. The van der Waals surface area contributed by atoms with Gasteiger partial charge >= 0.3 is 12.0 Å². The maximum atomic E-state index is 11.9. The molecule has 1 N–H and O–H groups in total. The van der Waals surface area contributed by atoms with Crippen molar-refractivity contribution in [2.75, 3.05) is 5.32 Å². The van der Waals surface area contributed by atoms with E-state index in [4.69, 9.17) is 0 Å². The van der Waals surface area contributed by atoms with E-state index in [9.17, 15) is 28.1 Å². The predicted octanol–water partition coefficient (Wildman–Crippen LogP) is 2.06. The summed E-state index contributed by atoms with van der Waals surface area (Å²) in [5.41, 5.74) is -0.907. The number of nitrogens with zero attached hydrogens (tertiary/aromatic N) is 1. The molecular formula is C8H5F3N2O4. The van der Waals surface area contributed by atoms with Gasteiger partial charge in [0.05, 0.1) is 4.92 Å². The van der Waals surface area contributed by atoms with Gasteiger partial charge in [0.2, 0.25) is 12.2 Å². The zero-order valence-corrected chi connectivity index (χ0v) is 8.02. The molecule has 0 atom stereocenters. The lowest BCUT2D eigenvalue weighted by atomic mass is 10.2. The molecule has 0 fully saturated rings. The summed E-state index contributed by atoms with van der Waals surface area (Å²) in [7, 11) is 0. The third kappa shape index (κ3) is 3.63. The fourth-order valence-electron chi connectivity index (χ4n) is 1.03. The number of alkyl halides is 3. The first-order chi connectivity index (χ1) is 7.83. The molecule has 0 aliphatic heterocycles. The quantitative estimate of drug-likeness (QED) is 0.503. The van der Waals surface area contributed by atoms with Crippen LogP contribution < -0.4 is 10.1 Å². The van der Waals surface area contributed by atoms with Crippen molar-refractivity contribution in [3.8, 4) is 5.75 Å². The third-order valence-corrected chi connectivity index (χ3v) is 1.61. The Morgan fingerprint density at radius 3 is 2.53 bits per heavy atom. The van der Waals surface area contributed by atoms with Crippen molar-refractivity contribution in [1.29, 1.82) is 0 Å². The largest absolute Gasteiger partial charge is 0.573 e. The summed E-state index contributed by atoms with van der Waals surface area (Å²) >= 11 is 0. The summed E-state index contributed by atoms with van der Waals surface area (Å²) < 4.78 is 39.2. The summed E-state index contributed by atoms with van der Waals surface area (Å²) in [4.78, 5) is 19.5. The number of carbonyl (C=O) groups excluding carboxylic acids is 1. The normalized spacial score (nSPS) is 10.8. The predicted molar refractivity (Wildman–Crippen MR) is 49.5 cm³/mol. The van der Waals surface area contributed by atoms with Crippen LogP contribution in [0.3, 0.4) is 0 Å². The number of nitrogens with one attached hydrogen (secondary N) is 1. The fourth-order valence-corrected chi connectivity index (χ4v) is 1.03. The van der Waals surface area contributed by atoms with Crippen LogP contribution in [0.1, 0.15) is 0 Å². The number of hydrogen-bond donors (Lipinski definition) is 1. The van der Waals surface area contributed by atoms with E-state index in [1.165, 1.54) is 0 Å². The minimum atomic E-state index is -5.02. The minimum Gasteiger partial charge on any atom is -0.398 e. The monoisotopic (exact) mass is 250 g/mol. The first kappa shape index (κ1) is 12.7. The molecule has 0 spiro atoms. The van der Waals surface area contributed by atoms with Crippen molar-refractivity contribution in [3.63, 3.8) is 0 Å². The summed E-state index contributed by atoms with van der Waals surface area (Å²) in [5, 5.41) is 12.6. The maximum absolute atomic E-state index is 11.9. The SMILES string of the molecule is O=CNc1ccc(OC(F)(F)F)c([N+](=O)[O-])c1. The summed E-state index contributed by atoms with van der Waals surface area (Å²) in [5.74, 6) is -0.945. The molecule has 0 aliphatic rings. The van der Waals surface area contributed by atoms with Crippen LogP contribution in [0.15, 0.2) is 18.2 Å². The second-order valence-electron chi connectivity index (χ2n) is 2.75. The van der Waals surface area contributed by atoms with Gasteiger partial charge in [0.25, 0.3) is 0 Å². The molecule has 0 saturated heterocycles. The van der Waals surface area contributed by atoms with Gasteiger partial charge in [-0.3, -0.25) is 14.9 Å². The molecule has 0 saturated carbocycles. The van der Waals surface area contributed by atoms with Gasteiger partial charge in [-0.05, 0) is 12.1 Å². The molecule has 9 heteroatoms. The van der Waals surface area contributed by atoms with Gasteiger partial charge in [-0.2, -0.15) is 0 Å². The summed E-state index contributed by atoms with van der Waals surface area (Å²) in [6.07, 6.45) is -4.78. The van der Waals surface area contributed by atoms with E-state index in [2.05, 4.69) is 10.1 Å². The first-order valence-electron chi connectivity index (χ1n) is 4.08. The van der Waals surface area contributed by atoms with E-state index in [1.54, 1.807) is 0 Å². The van der Waals surface area contributed by atoms with Crippen LogP contribution in [0.2, 0.25) is 0 Å². The van der Waals surface area contributed by atoms with E-state index in [-0.39, 0.29) is 12.1 Å². The van der Waals surface area contributed by atoms with Crippen molar-refractivity contribution in [2.45, 2.75) is 6.36 Å². The highest BCUT2D eigenvalue weighted by atomic mass is 19.4. The second-order valence-corrected chi connectivity index (χ2v) is 2.75. The lowest BCUT2D eigenvalue weighted by molar-refractivity contribution is -0.388. The van der Waals surface area contributed by atoms with Gasteiger partial charge in [0.1, 0.15) is 0 Å². The lowest BCUT2D eigenvalue weighted by Gasteiger charge is -2.09. The number of nitro groups is 1. The minimum absolute atomic E-state index is 0.0128. The topological polar surface area (TPSA) is 81.5 Å². The number of halogens is 3. The van der Waals surface area contributed by atoms with Gasteiger partial charge in [0.15, 0.2) is 0 Å². The van der Waals surface area contributed by atoms with Crippen molar-refractivity contribution in [1.82, 2.24) is 0 Å². The number of anilines is 1. The maximum Gasteiger partial charge on any atom is 0.573 e. The molecule has 0 unspecified atom stereocenters. The van der Waals surface area contributed by atoms with Crippen molar-refractivity contribution in [3.05, 3.63) is 28.3 Å². The van der Waals surface area contributed by atoms with Gasteiger partial charge in [-0.25, -0.2) is 0 Å². The van der Waals surface area contributed by atoms with E-state index < -0.39 is 22.7 Å². The number of ether oxygens (including phenoxy) is 1.